The Hall–Kier alpha value is -2.45. The van der Waals surface area contributed by atoms with Gasteiger partial charge in [0.25, 0.3) is 5.91 Å². The molecule has 6 nitrogen and oxygen atoms in total. The maximum absolute atomic E-state index is 12.7. The number of anilines is 1. The Morgan fingerprint density at radius 2 is 2.36 bits per heavy atom. The largest absolute Gasteiger partial charge is 0.281 e. The summed E-state index contributed by atoms with van der Waals surface area (Å²) in [5.41, 5.74) is 3.12. The van der Waals surface area contributed by atoms with Crippen molar-refractivity contribution in [3.8, 4) is 0 Å². The summed E-state index contributed by atoms with van der Waals surface area (Å²) in [6.45, 7) is 2.08. The van der Waals surface area contributed by atoms with Gasteiger partial charge < -0.3 is 0 Å². The average Bonchev–Trinajstić information content (AvgIpc) is 3.31. The minimum Gasteiger partial charge on any atom is -0.281 e. The fraction of sp³-hybridized carbons (Fsp3) is 0.176. The molecule has 3 heterocycles. The summed E-state index contributed by atoms with van der Waals surface area (Å²) in [4.78, 5) is 18.7. The molecule has 0 spiro atoms. The first-order valence-corrected chi connectivity index (χ1v) is 9.43. The Labute approximate surface area is 152 Å². The van der Waals surface area contributed by atoms with Crippen LogP contribution in [0.3, 0.4) is 0 Å². The SMILES string of the molecule is CC1=CCC(c2[nH]ncc2/C=C2\SC(=N)N(c3nccs3)C2=O)C=C1. The van der Waals surface area contributed by atoms with Crippen LogP contribution >= 0.6 is 23.1 Å². The number of allylic oxidation sites excluding steroid dienone is 4. The molecule has 4 rings (SSSR count). The first-order valence-electron chi connectivity index (χ1n) is 7.74. The van der Waals surface area contributed by atoms with Crippen molar-refractivity contribution < 1.29 is 4.79 Å². The van der Waals surface area contributed by atoms with Gasteiger partial charge in [-0.25, -0.2) is 9.88 Å². The summed E-state index contributed by atoms with van der Waals surface area (Å²) in [7, 11) is 0. The molecule has 1 saturated heterocycles. The quantitative estimate of drug-likeness (QED) is 0.803. The van der Waals surface area contributed by atoms with E-state index in [1.165, 1.54) is 21.8 Å². The van der Waals surface area contributed by atoms with Gasteiger partial charge in [0, 0.05) is 28.8 Å². The Balaban J connectivity index is 1.63. The second-order valence-electron chi connectivity index (χ2n) is 5.76. The van der Waals surface area contributed by atoms with Crippen molar-refractivity contribution in [1.82, 2.24) is 15.2 Å². The first kappa shape index (κ1) is 16.0. The van der Waals surface area contributed by atoms with Gasteiger partial charge >= 0.3 is 0 Å². The molecule has 1 unspecified atom stereocenters. The minimum absolute atomic E-state index is 0.173. The van der Waals surface area contributed by atoms with E-state index < -0.39 is 0 Å². The highest BCUT2D eigenvalue weighted by Crippen LogP contribution is 2.37. The van der Waals surface area contributed by atoms with E-state index in [0.29, 0.717) is 10.0 Å². The van der Waals surface area contributed by atoms with E-state index >= 15 is 0 Å². The number of aromatic nitrogens is 3. The van der Waals surface area contributed by atoms with Crippen LogP contribution in [0.4, 0.5) is 5.13 Å². The Morgan fingerprint density at radius 3 is 3.08 bits per heavy atom. The molecule has 1 aliphatic carbocycles. The molecule has 0 radical (unpaired) electrons. The number of hydrogen-bond donors (Lipinski definition) is 2. The van der Waals surface area contributed by atoms with Gasteiger partial charge in [-0.1, -0.05) is 23.8 Å². The van der Waals surface area contributed by atoms with Gasteiger partial charge in [0.05, 0.1) is 11.1 Å². The molecule has 2 aliphatic rings. The van der Waals surface area contributed by atoms with Crippen LogP contribution in [0.25, 0.3) is 6.08 Å². The van der Waals surface area contributed by atoms with E-state index in [9.17, 15) is 4.79 Å². The number of aromatic amines is 1. The second kappa shape index (κ2) is 6.45. The number of amides is 1. The zero-order valence-electron chi connectivity index (χ0n) is 13.4. The number of carbonyl (C=O) groups excluding carboxylic acids is 1. The molecule has 126 valence electrons. The number of H-pyrrole nitrogens is 1. The third kappa shape index (κ3) is 2.98. The van der Waals surface area contributed by atoms with Crippen LogP contribution in [-0.2, 0) is 4.79 Å². The second-order valence-corrected chi connectivity index (χ2v) is 7.66. The van der Waals surface area contributed by atoms with Crippen molar-refractivity contribution in [3.63, 3.8) is 0 Å². The Bertz CT molecular complexity index is 923. The fourth-order valence-corrected chi connectivity index (χ4v) is 4.32. The molecule has 1 aliphatic heterocycles. The van der Waals surface area contributed by atoms with Gasteiger partial charge in [-0.15, -0.1) is 11.3 Å². The lowest BCUT2D eigenvalue weighted by Gasteiger charge is -2.14. The molecule has 0 saturated carbocycles. The van der Waals surface area contributed by atoms with Crippen molar-refractivity contribution in [1.29, 1.82) is 5.41 Å². The highest BCUT2D eigenvalue weighted by Gasteiger charge is 2.35. The lowest BCUT2D eigenvalue weighted by atomic mass is 9.92. The molecule has 1 atom stereocenters. The zero-order valence-corrected chi connectivity index (χ0v) is 15.0. The van der Waals surface area contributed by atoms with E-state index in [1.807, 2.05) is 6.08 Å². The van der Waals surface area contributed by atoms with Crippen molar-refractivity contribution in [2.75, 3.05) is 4.90 Å². The lowest BCUT2D eigenvalue weighted by Crippen LogP contribution is -2.27. The van der Waals surface area contributed by atoms with E-state index in [1.54, 1.807) is 17.8 Å². The predicted molar refractivity (Wildman–Crippen MR) is 102 cm³/mol. The van der Waals surface area contributed by atoms with Crippen LogP contribution < -0.4 is 4.90 Å². The highest BCUT2D eigenvalue weighted by molar-refractivity contribution is 8.19. The monoisotopic (exact) mass is 369 g/mol. The van der Waals surface area contributed by atoms with E-state index in [4.69, 9.17) is 5.41 Å². The molecule has 8 heteroatoms. The van der Waals surface area contributed by atoms with Crippen molar-refractivity contribution in [3.05, 3.63) is 57.7 Å². The number of amidine groups is 1. The summed E-state index contributed by atoms with van der Waals surface area (Å²) in [5.74, 6) is 0.00102. The van der Waals surface area contributed by atoms with Crippen LogP contribution in [0.1, 0.15) is 30.5 Å². The minimum atomic E-state index is -0.216. The molecular weight excluding hydrogens is 354 g/mol. The lowest BCUT2D eigenvalue weighted by molar-refractivity contribution is -0.113. The molecule has 25 heavy (non-hydrogen) atoms. The summed E-state index contributed by atoms with van der Waals surface area (Å²) >= 11 is 2.49. The van der Waals surface area contributed by atoms with Gasteiger partial charge in [-0.3, -0.25) is 15.3 Å². The third-order valence-electron chi connectivity index (χ3n) is 4.08. The van der Waals surface area contributed by atoms with E-state index in [2.05, 4.69) is 40.3 Å². The Kier molecular flexibility index (Phi) is 4.14. The number of thiazole rings is 1. The van der Waals surface area contributed by atoms with E-state index in [0.717, 1.165) is 29.4 Å². The maximum atomic E-state index is 12.7. The van der Waals surface area contributed by atoms with Crippen LogP contribution in [0.5, 0.6) is 0 Å². The molecule has 1 amide bonds. The van der Waals surface area contributed by atoms with Crippen LogP contribution in [0.2, 0.25) is 0 Å². The summed E-state index contributed by atoms with van der Waals surface area (Å²) < 4.78 is 0. The van der Waals surface area contributed by atoms with Crippen LogP contribution in [0, 0.1) is 5.41 Å². The number of hydrogen-bond acceptors (Lipinski definition) is 6. The standard InChI is InChI=1S/C17H15N5OS2/c1-10-2-4-11(5-3-10)14-12(9-20-21-14)8-13-15(23)22(16(18)25-13)17-19-6-7-24-17/h2-4,6-9,11,18H,5H2,1H3,(H,20,21)/b13-8-,18-16?. The van der Waals surface area contributed by atoms with Crippen molar-refractivity contribution >= 4 is 45.4 Å². The molecule has 0 bridgehead atoms. The average molecular weight is 369 g/mol. The number of rotatable bonds is 3. The summed E-state index contributed by atoms with van der Waals surface area (Å²) in [6.07, 6.45) is 12.5. The Morgan fingerprint density at radius 1 is 1.48 bits per heavy atom. The molecule has 2 aromatic heterocycles. The molecule has 0 aromatic carbocycles. The van der Waals surface area contributed by atoms with Gasteiger partial charge in [-0.2, -0.15) is 5.10 Å². The van der Waals surface area contributed by atoms with Gasteiger partial charge in [0.2, 0.25) is 0 Å². The highest BCUT2D eigenvalue weighted by atomic mass is 32.2. The topological polar surface area (TPSA) is 85.7 Å². The number of carbonyl (C=O) groups is 1. The molecule has 1 fully saturated rings. The number of nitrogens with zero attached hydrogens (tertiary/aromatic N) is 3. The molecular formula is C17H15N5OS2. The third-order valence-corrected chi connectivity index (χ3v) is 5.72. The summed E-state index contributed by atoms with van der Waals surface area (Å²) in [5, 5.41) is 17.8. The van der Waals surface area contributed by atoms with Crippen molar-refractivity contribution in [2.24, 2.45) is 0 Å². The van der Waals surface area contributed by atoms with Gasteiger partial charge in [0.1, 0.15) is 0 Å². The predicted octanol–water partition coefficient (Wildman–Crippen LogP) is 3.91. The summed E-state index contributed by atoms with van der Waals surface area (Å²) in [6, 6.07) is 0. The van der Waals surface area contributed by atoms with Crippen LogP contribution in [-0.4, -0.2) is 26.3 Å². The normalized spacial score (nSPS) is 22.1. The fourth-order valence-electron chi connectivity index (χ4n) is 2.79. The zero-order chi connectivity index (χ0) is 17.4. The van der Waals surface area contributed by atoms with Crippen molar-refractivity contribution in [2.45, 2.75) is 19.3 Å². The number of thioether (sulfide) groups is 1. The smallest absolute Gasteiger partial charge is 0.273 e. The van der Waals surface area contributed by atoms with Crippen LogP contribution in [0.15, 0.2) is 46.5 Å². The van der Waals surface area contributed by atoms with Gasteiger partial charge in [0.15, 0.2) is 10.3 Å². The molecule has 2 aromatic rings. The maximum Gasteiger partial charge on any atom is 0.273 e. The van der Waals surface area contributed by atoms with Gasteiger partial charge in [-0.05, 0) is 31.2 Å². The number of nitrogens with one attached hydrogen (secondary N) is 2. The molecule has 2 N–H and O–H groups in total. The first-order chi connectivity index (χ1) is 12.1. The van der Waals surface area contributed by atoms with E-state index in [-0.39, 0.29) is 17.0 Å².